The van der Waals surface area contributed by atoms with Gasteiger partial charge in [-0.25, -0.2) is 0 Å². The molecule has 2 fully saturated rings. The maximum atomic E-state index is 13.1. The van der Waals surface area contributed by atoms with Gasteiger partial charge in [0.25, 0.3) is 0 Å². The van der Waals surface area contributed by atoms with E-state index in [2.05, 4.69) is 0 Å². The van der Waals surface area contributed by atoms with E-state index in [4.69, 9.17) is 28.1 Å². The third kappa shape index (κ3) is 5.80. The highest BCUT2D eigenvalue weighted by molar-refractivity contribution is 5.89. The second-order valence-electron chi connectivity index (χ2n) is 10.3. The van der Waals surface area contributed by atoms with Crippen LogP contribution in [0.25, 0.3) is 22.3 Å². The molecule has 240 valence electrons. The molecule has 0 spiro atoms. The van der Waals surface area contributed by atoms with Crippen molar-refractivity contribution in [3.05, 3.63) is 46.6 Å². The predicted molar refractivity (Wildman–Crippen MR) is 145 cm³/mol. The van der Waals surface area contributed by atoms with E-state index in [-0.39, 0.29) is 28.2 Å². The van der Waals surface area contributed by atoms with Crippen LogP contribution in [-0.4, -0.2) is 128 Å². The van der Waals surface area contributed by atoms with Crippen molar-refractivity contribution in [3.8, 4) is 34.3 Å². The molecule has 0 amide bonds. The van der Waals surface area contributed by atoms with E-state index in [1.54, 1.807) is 0 Å². The Morgan fingerprint density at radius 1 is 0.795 bits per heavy atom. The summed E-state index contributed by atoms with van der Waals surface area (Å²) in [5.41, 5.74) is -0.349. The lowest BCUT2D eigenvalue weighted by atomic mass is 9.97. The molecule has 3 heterocycles. The Bertz CT molecular complexity index is 1510. The number of ether oxygens (including phenoxy) is 5. The lowest BCUT2D eigenvalue weighted by Crippen LogP contribution is -2.65. The van der Waals surface area contributed by atoms with Gasteiger partial charge < -0.3 is 74.1 Å². The van der Waals surface area contributed by atoms with Gasteiger partial charge in [0.1, 0.15) is 65.2 Å². The van der Waals surface area contributed by atoms with Crippen LogP contribution in [0.15, 0.2) is 45.6 Å². The third-order valence-electron chi connectivity index (χ3n) is 7.48. The zero-order valence-corrected chi connectivity index (χ0v) is 23.0. The second kappa shape index (κ2) is 12.8. The number of phenolic OH excluding ortho intramolecular Hbond substituents is 2. The van der Waals surface area contributed by atoms with Crippen LogP contribution in [0.4, 0.5) is 0 Å². The summed E-state index contributed by atoms with van der Waals surface area (Å²) in [6, 6.07) is 8.16. The Balaban J connectivity index is 1.52. The lowest BCUT2D eigenvalue weighted by Gasteiger charge is -2.45. The van der Waals surface area contributed by atoms with Gasteiger partial charge in [-0.15, -0.1) is 0 Å². The topological polar surface area (TPSA) is 258 Å². The van der Waals surface area contributed by atoms with Crippen molar-refractivity contribution in [2.45, 2.75) is 61.4 Å². The highest BCUT2D eigenvalue weighted by atomic mass is 16.8. The van der Waals surface area contributed by atoms with Gasteiger partial charge in [0.2, 0.25) is 12.0 Å². The fraction of sp³-hybridized carbons (Fsp3) is 0.464. The molecule has 44 heavy (non-hydrogen) atoms. The summed E-state index contributed by atoms with van der Waals surface area (Å²) in [7, 11) is 1.22. The molecule has 2 aromatic carbocycles. The average molecular weight is 625 g/mol. The summed E-state index contributed by atoms with van der Waals surface area (Å²) in [6.07, 6.45) is -17.2. The fourth-order valence-corrected chi connectivity index (χ4v) is 5.04. The van der Waals surface area contributed by atoms with Crippen molar-refractivity contribution in [2.75, 3.05) is 20.3 Å². The minimum atomic E-state index is -1.90. The highest BCUT2D eigenvalue weighted by Crippen LogP contribution is 2.44. The molecule has 0 bridgehead atoms. The van der Waals surface area contributed by atoms with Gasteiger partial charge in [-0.2, -0.15) is 0 Å². The van der Waals surface area contributed by atoms with E-state index < -0.39 is 91.6 Å². The van der Waals surface area contributed by atoms with Crippen molar-refractivity contribution >= 4 is 11.0 Å². The maximum absolute atomic E-state index is 13.1. The van der Waals surface area contributed by atoms with Crippen LogP contribution in [0.3, 0.4) is 0 Å². The number of aromatic hydroxyl groups is 2. The molecule has 2 saturated heterocycles. The van der Waals surface area contributed by atoms with Gasteiger partial charge in [-0.3, -0.25) is 4.79 Å². The number of hydrogen-bond donors (Lipinski definition) is 9. The summed E-state index contributed by atoms with van der Waals surface area (Å²) < 4.78 is 33.6. The lowest BCUT2D eigenvalue weighted by molar-refractivity contribution is -0.358. The standard InChI is InChI=1S/C28H32O16/c1-39-15-7-14-18(12(32)6-13(40-14)10-2-4-11(31)5-3-10)21(35)25(15)43-28-26(23(37)20(34)17(9-30)42-28)44-27-24(38)22(36)19(33)16(8-29)41-27/h2-7,16-17,19-20,22-24,26-31,33-38H,8-9H2,1H3/t16-,17-,19+,20+,22-,23-,24+,26+,27-,28-/m0/s1. The zero-order chi connectivity index (χ0) is 31.9. The molecular weight excluding hydrogens is 592 g/mol. The van der Waals surface area contributed by atoms with E-state index in [1.165, 1.54) is 37.4 Å². The molecule has 0 aliphatic carbocycles. The van der Waals surface area contributed by atoms with Crippen molar-refractivity contribution < 1.29 is 74.1 Å². The quantitative estimate of drug-likeness (QED) is 0.130. The Morgan fingerprint density at radius 2 is 1.41 bits per heavy atom. The first-order chi connectivity index (χ1) is 21.0. The number of benzene rings is 2. The maximum Gasteiger partial charge on any atom is 0.230 e. The fourth-order valence-electron chi connectivity index (χ4n) is 5.04. The first kappa shape index (κ1) is 31.9. The van der Waals surface area contributed by atoms with Crippen LogP contribution in [-0.2, 0) is 14.2 Å². The van der Waals surface area contributed by atoms with Crippen molar-refractivity contribution in [3.63, 3.8) is 0 Å². The van der Waals surface area contributed by atoms with Crippen molar-refractivity contribution in [2.24, 2.45) is 0 Å². The number of rotatable bonds is 8. The second-order valence-corrected chi connectivity index (χ2v) is 10.3. The minimum absolute atomic E-state index is 0.00202. The molecule has 5 rings (SSSR count). The van der Waals surface area contributed by atoms with E-state index in [0.717, 1.165) is 6.07 Å². The molecule has 0 radical (unpaired) electrons. The SMILES string of the molecule is COc1cc2oc(-c3ccc(O)cc3)cc(=O)c2c(O)c1O[C@@H]1O[C@@H](CO)[C@@H](O)[C@H](O)[C@H]1O[C@@H]1O[C@@H](CO)[C@@H](O)[C@H](O)[C@H]1O. The average Bonchev–Trinajstić information content (AvgIpc) is 3.01. The van der Waals surface area contributed by atoms with Crippen molar-refractivity contribution in [1.29, 1.82) is 0 Å². The Hall–Kier alpha value is -3.55. The summed E-state index contributed by atoms with van der Waals surface area (Å²) in [5.74, 6) is -1.32. The summed E-state index contributed by atoms with van der Waals surface area (Å²) >= 11 is 0. The zero-order valence-electron chi connectivity index (χ0n) is 23.0. The van der Waals surface area contributed by atoms with Gasteiger partial charge >= 0.3 is 0 Å². The summed E-state index contributed by atoms with van der Waals surface area (Å²) in [6.45, 7) is -1.57. The first-order valence-corrected chi connectivity index (χ1v) is 13.4. The smallest absolute Gasteiger partial charge is 0.230 e. The van der Waals surface area contributed by atoms with Crippen LogP contribution >= 0.6 is 0 Å². The molecule has 2 aliphatic rings. The highest BCUT2D eigenvalue weighted by Gasteiger charge is 2.51. The minimum Gasteiger partial charge on any atom is -0.508 e. The Labute approximate surface area is 248 Å². The molecular formula is C28H32O16. The van der Waals surface area contributed by atoms with Crippen molar-refractivity contribution in [1.82, 2.24) is 0 Å². The number of methoxy groups -OCH3 is 1. The molecule has 10 atom stereocenters. The molecule has 16 nitrogen and oxygen atoms in total. The molecule has 2 aliphatic heterocycles. The van der Waals surface area contributed by atoms with Crippen LogP contribution in [0.1, 0.15) is 0 Å². The number of aliphatic hydroxyl groups is 7. The number of aliphatic hydroxyl groups excluding tert-OH is 7. The monoisotopic (exact) mass is 624 g/mol. The largest absolute Gasteiger partial charge is 0.508 e. The molecule has 16 heteroatoms. The summed E-state index contributed by atoms with van der Waals surface area (Å²) in [5, 5.41) is 91.7. The Kier molecular flexibility index (Phi) is 9.28. The van der Waals surface area contributed by atoms with Crippen LogP contribution in [0.2, 0.25) is 0 Å². The molecule has 9 N–H and O–H groups in total. The van der Waals surface area contributed by atoms with Gasteiger partial charge in [-0.05, 0) is 24.3 Å². The van der Waals surface area contributed by atoms with E-state index in [9.17, 15) is 50.8 Å². The Morgan fingerprint density at radius 3 is 2.02 bits per heavy atom. The van der Waals surface area contributed by atoms with E-state index >= 15 is 0 Å². The number of fused-ring (bicyclic) bond motifs is 1. The number of hydrogen-bond acceptors (Lipinski definition) is 16. The first-order valence-electron chi connectivity index (χ1n) is 13.4. The molecule has 0 unspecified atom stereocenters. The van der Waals surface area contributed by atoms with E-state index in [1.807, 2.05) is 0 Å². The molecule has 3 aromatic rings. The van der Waals surface area contributed by atoms with E-state index in [0.29, 0.717) is 5.56 Å². The normalized spacial score (nSPS) is 32.5. The van der Waals surface area contributed by atoms with Crippen LogP contribution in [0.5, 0.6) is 23.0 Å². The van der Waals surface area contributed by atoms with Gasteiger partial charge in [-0.1, -0.05) is 0 Å². The predicted octanol–water partition coefficient (Wildman–Crippen LogP) is -2.12. The summed E-state index contributed by atoms with van der Waals surface area (Å²) in [4.78, 5) is 13.1. The molecule has 0 saturated carbocycles. The van der Waals surface area contributed by atoms with Gasteiger partial charge in [0.05, 0.1) is 20.3 Å². The van der Waals surface area contributed by atoms with Crippen LogP contribution in [0, 0.1) is 0 Å². The molecule has 1 aromatic heterocycles. The number of phenols is 2. The van der Waals surface area contributed by atoms with Gasteiger partial charge in [0.15, 0.2) is 29.3 Å². The third-order valence-corrected chi connectivity index (χ3v) is 7.48. The van der Waals surface area contributed by atoms with Crippen LogP contribution < -0.4 is 14.9 Å². The van der Waals surface area contributed by atoms with Gasteiger partial charge in [0, 0.05) is 17.7 Å².